The smallest absolute Gasteiger partial charge is 0.191 e. The molecule has 0 bridgehead atoms. The Hall–Kier alpha value is -0.860. The summed E-state index contributed by atoms with van der Waals surface area (Å²) in [5, 5.41) is 8.52. The minimum atomic E-state index is 0. The molecule has 1 heterocycles. The zero-order valence-electron chi connectivity index (χ0n) is 14.0. The Morgan fingerprint density at radius 3 is 2.79 bits per heavy atom. The average molecular weight is 479 g/mol. The van der Waals surface area contributed by atoms with Gasteiger partial charge < -0.3 is 10.6 Å². The van der Waals surface area contributed by atoms with Crippen LogP contribution in [0.3, 0.4) is 0 Å². The molecule has 0 saturated heterocycles. The van der Waals surface area contributed by atoms with Gasteiger partial charge >= 0.3 is 0 Å². The molecule has 0 radical (unpaired) electrons. The second-order valence-electron chi connectivity index (χ2n) is 5.08. The lowest BCUT2D eigenvalue weighted by molar-refractivity contribution is 0.796. The van der Waals surface area contributed by atoms with Crippen molar-refractivity contribution in [2.24, 2.45) is 4.99 Å². The fraction of sp³-hybridized carbons (Fsp3) is 0.412. The number of halogens is 2. The Bertz CT molecular complexity index is 645. The van der Waals surface area contributed by atoms with Crippen molar-refractivity contribution in [3.63, 3.8) is 0 Å². The summed E-state index contributed by atoms with van der Waals surface area (Å²) in [5.74, 6) is 0.819. The molecule has 0 saturated carbocycles. The van der Waals surface area contributed by atoms with Crippen LogP contribution in [0, 0.1) is 0 Å². The number of guanidine groups is 1. The summed E-state index contributed by atoms with van der Waals surface area (Å²) in [4.78, 5) is 10.4. The molecule has 7 heteroatoms. The summed E-state index contributed by atoms with van der Waals surface area (Å²) in [6, 6.07) is 7.79. The summed E-state index contributed by atoms with van der Waals surface area (Å²) < 4.78 is 0. The number of nitrogens with zero attached hydrogens (tertiary/aromatic N) is 2. The first-order valence-electron chi connectivity index (χ1n) is 7.91. The SMILES string of the molecule is CCNC(=NCc1cccc(Cl)c1)NCCc1ncc(CC)s1.I. The van der Waals surface area contributed by atoms with Gasteiger partial charge in [0.15, 0.2) is 5.96 Å². The van der Waals surface area contributed by atoms with Crippen LogP contribution in [0.5, 0.6) is 0 Å². The molecule has 2 N–H and O–H groups in total. The molecule has 2 rings (SSSR count). The highest BCUT2D eigenvalue weighted by atomic mass is 127. The molecule has 0 spiro atoms. The van der Waals surface area contributed by atoms with Gasteiger partial charge in [0, 0.05) is 35.6 Å². The number of thiazole rings is 1. The third-order valence-corrected chi connectivity index (χ3v) is 4.67. The van der Waals surface area contributed by atoms with Crippen LogP contribution in [0.4, 0.5) is 0 Å². The van der Waals surface area contributed by atoms with Crippen molar-refractivity contribution in [2.45, 2.75) is 33.2 Å². The fourth-order valence-corrected chi connectivity index (χ4v) is 3.14. The highest BCUT2D eigenvalue weighted by Crippen LogP contribution is 2.13. The molecule has 4 nitrogen and oxygen atoms in total. The van der Waals surface area contributed by atoms with Gasteiger partial charge in [0.05, 0.1) is 11.6 Å². The van der Waals surface area contributed by atoms with E-state index in [1.165, 1.54) is 9.88 Å². The van der Waals surface area contributed by atoms with E-state index in [-0.39, 0.29) is 24.0 Å². The van der Waals surface area contributed by atoms with Crippen LogP contribution in [0.25, 0.3) is 0 Å². The van der Waals surface area contributed by atoms with E-state index < -0.39 is 0 Å². The number of hydrogen-bond acceptors (Lipinski definition) is 3. The normalized spacial score (nSPS) is 11.0. The quantitative estimate of drug-likeness (QED) is 0.355. The molecule has 0 unspecified atom stereocenters. The average Bonchev–Trinajstić information content (AvgIpc) is 3.01. The van der Waals surface area contributed by atoms with Crippen molar-refractivity contribution in [1.82, 2.24) is 15.6 Å². The first-order valence-corrected chi connectivity index (χ1v) is 9.11. The van der Waals surface area contributed by atoms with E-state index in [0.717, 1.165) is 42.5 Å². The van der Waals surface area contributed by atoms with E-state index >= 15 is 0 Å². The standard InChI is InChI=1S/C17H23ClN4S.HI/c1-3-15-12-21-16(23-15)8-9-20-17(19-4-2)22-11-13-6-5-7-14(18)10-13;/h5-7,10,12H,3-4,8-9,11H2,1-2H3,(H2,19,20,22);1H. The Morgan fingerprint density at radius 1 is 1.29 bits per heavy atom. The minimum Gasteiger partial charge on any atom is -0.357 e. The van der Waals surface area contributed by atoms with E-state index in [9.17, 15) is 0 Å². The van der Waals surface area contributed by atoms with Crippen LogP contribution in [0.15, 0.2) is 35.5 Å². The van der Waals surface area contributed by atoms with Crippen molar-refractivity contribution >= 4 is 52.9 Å². The molecule has 1 aromatic carbocycles. The highest BCUT2D eigenvalue weighted by Gasteiger charge is 2.02. The first-order chi connectivity index (χ1) is 11.2. The third kappa shape index (κ3) is 7.36. The minimum absolute atomic E-state index is 0. The molecule has 1 aromatic heterocycles. The van der Waals surface area contributed by atoms with Gasteiger partial charge in [0.1, 0.15) is 0 Å². The Labute approximate surface area is 170 Å². The first kappa shape index (κ1) is 21.2. The number of rotatable bonds is 7. The Balaban J connectivity index is 0.00000288. The predicted molar refractivity (Wildman–Crippen MR) is 115 cm³/mol. The van der Waals surface area contributed by atoms with Crippen molar-refractivity contribution in [1.29, 1.82) is 0 Å². The van der Waals surface area contributed by atoms with Crippen LogP contribution in [-0.2, 0) is 19.4 Å². The number of nitrogens with one attached hydrogen (secondary N) is 2. The number of hydrogen-bond donors (Lipinski definition) is 2. The molecule has 0 atom stereocenters. The molecule has 0 amide bonds. The lowest BCUT2D eigenvalue weighted by atomic mass is 10.2. The summed E-state index contributed by atoms with van der Waals surface area (Å²) in [5.41, 5.74) is 1.10. The van der Waals surface area contributed by atoms with Gasteiger partial charge in [-0.2, -0.15) is 0 Å². The molecule has 0 aliphatic heterocycles. The maximum absolute atomic E-state index is 6.00. The topological polar surface area (TPSA) is 49.3 Å². The van der Waals surface area contributed by atoms with E-state index in [4.69, 9.17) is 11.6 Å². The Morgan fingerprint density at radius 2 is 2.12 bits per heavy atom. The fourth-order valence-electron chi connectivity index (χ4n) is 2.06. The van der Waals surface area contributed by atoms with E-state index in [2.05, 4.69) is 34.5 Å². The van der Waals surface area contributed by atoms with Gasteiger partial charge in [-0.15, -0.1) is 35.3 Å². The molecule has 24 heavy (non-hydrogen) atoms. The van der Waals surface area contributed by atoms with Crippen molar-refractivity contribution in [3.8, 4) is 0 Å². The molecular formula is C17H24ClIN4S. The highest BCUT2D eigenvalue weighted by molar-refractivity contribution is 14.0. The molecule has 132 valence electrons. The molecule has 0 fully saturated rings. The predicted octanol–water partition coefficient (Wildman–Crippen LogP) is 4.27. The lowest BCUT2D eigenvalue weighted by Gasteiger charge is -2.10. The Kier molecular flexibility index (Phi) is 10.3. The molecular weight excluding hydrogens is 455 g/mol. The van der Waals surface area contributed by atoms with Crippen LogP contribution < -0.4 is 10.6 Å². The van der Waals surface area contributed by atoms with Gasteiger partial charge in [-0.05, 0) is 31.0 Å². The summed E-state index contributed by atoms with van der Waals surface area (Å²) >= 11 is 7.78. The van der Waals surface area contributed by atoms with E-state index in [1.807, 2.05) is 30.5 Å². The zero-order valence-corrected chi connectivity index (χ0v) is 17.9. The second kappa shape index (κ2) is 11.7. The maximum atomic E-state index is 6.00. The van der Waals surface area contributed by atoms with Crippen LogP contribution in [-0.4, -0.2) is 24.0 Å². The van der Waals surface area contributed by atoms with Crippen molar-refractivity contribution in [2.75, 3.05) is 13.1 Å². The van der Waals surface area contributed by atoms with Crippen molar-refractivity contribution < 1.29 is 0 Å². The number of aryl methyl sites for hydroxylation is 1. The maximum Gasteiger partial charge on any atom is 0.191 e. The third-order valence-electron chi connectivity index (χ3n) is 3.23. The van der Waals surface area contributed by atoms with E-state index in [1.54, 1.807) is 11.3 Å². The zero-order chi connectivity index (χ0) is 16.5. The molecule has 2 aromatic rings. The number of aromatic nitrogens is 1. The monoisotopic (exact) mass is 478 g/mol. The lowest BCUT2D eigenvalue weighted by Crippen LogP contribution is -2.38. The van der Waals surface area contributed by atoms with E-state index in [0.29, 0.717) is 6.54 Å². The molecule has 0 aliphatic carbocycles. The summed E-state index contributed by atoms with van der Waals surface area (Å²) in [6.07, 6.45) is 3.93. The number of aliphatic imine (C=N–C) groups is 1. The van der Waals surface area contributed by atoms with Crippen LogP contribution in [0.2, 0.25) is 5.02 Å². The largest absolute Gasteiger partial charge is 0.357 e. The number of benzene rings is 1. The van der Waals surface area contributed by atoms with Gasteiger partial charge in [0.2, 0.25) is 0 Å². The van der Waals surface area contributed by atoms with Gasteiger partial charge in [-0.25, -0.2) is 9.98 Å². The van der Waals surface area contributed by atoms with Gasteiger partial charge in [-0.3, -0.25) is 0 Å². The molecule has 0 aliphatic rings. The summed E-state index contributed by atoms with van der Waals surface area (Å²) in [6.45, 7) is 6.47. The van der Waals surface area contributed by atoms with Crippen LogP contribution in [0.1, 0.15) is 29.3 Å². The van der Waals surface area contributed by atoms with Gasteiger partial charge in [0.25, 0.3) is 0 Å². The summed E-state index contributed by atoms with van der Waals surface area (Å²) in [7, 11) is 0. The van der Waals surface area contributed by atoms with Crippen molar-refractivity contribution in [3.05, 3.63) is 50.9 Å². The van der Waals surface area contributed by atoms with Gasteiger partial charge in [-0.1, -0.05) is 30.7 Å². The second-order valence-corrected chi connectivity index (χ2v) is 6.71. The van der Waals surface area contributed by atoms with Crippen LogP contribution >= 0.6 is 46.9 Å².